The first-order valence-corrected chi connectivity index (χ1v) is 6.01. The Balaban J connectivity index is 2.82. The zero-order valence-electron chi connectivity index (χ0n) is 9.43. The Kier molecular flexibility index (Phi) is 4.75. The van der Waals surface area contributed by atoms with Crippen molar-refractivity contribution in [1.29, 1.82) is 0 Å². The van der Waals surface area contributed by atoms with Crippen LogP contribution in [-0.4, -0.2) is 13.6 Å². The summed E-state index contributed by atoms with van der Waals surface area (Å²) in [6, 6.07) is 6.02. The van der Waals surface area contributed by atoms with Crippen molar-refractivity contribution < 1.29 is 0 Å². The van der Waals surface area contributed by atoms with Crippen LogP contribution in [0.1, 0.15) is 19.4 Å². The van der Waals surface area contributed by atoms with E-state index < -0.39 is 0 Å². The molecule has 0 radical (unpaired) electrons. The molecule has 0 heterocycles. The monoisotopic (exact) mass is 245 g/mol. The van der Waals surface area contributed by atoms with E-state index in [9.17, 15) is 0 Å². The second-order valence-electron chi connectivity index (χ2n) is 4.18. The highest BCUT2D eigenvalue weighted by atomic mass is 35.5. The first kappa shape index (κ1) is 12.7. The van der Waals surface area contributed by atoms with Gasteiger partial charge >= 0.3 is 0 Å². The molecule has 0 fully saturated rings. The maximum Gasteiger partial charge on any atom is 0.0488 e. The molecule has 0 amide bonds. The van der Waals surface area contributed by atoms with E-state index in [1.165, 1.54) is 0 Å². The van der Waals surface area contributed by atoms with Crippen molar-refractivity contribution in [1.82, 2.24) is 0 Å². The minimum atomic E-state index is 0.465. The van der Waals surface area contributed by atoms with Gasteiger partial charge in [-0.2, -0.15) is 0 Å². The fourth-order valence-electron chi connectivity index (χ4n) is 1.54. The van der Waals surface area contributed by atoms with Gasteiger partial charge in [0.25, 0.3) is 0 Å². The Morgan fingerprint density at radius 3 is 2.47 bits per heavy atom. The van der Waals surface area contributed by atoms with Crippen molar-refractivity contribution >= 4 is 28.9 Å². The largest absolute Gasteiger partial charge is 0.374 e. The summed E-state index contributed by atoms with van der Waals surface area (Å²) in [4.78, 5) is 2.20. The highest BCUT2D eigenvalue weighted by Crippen LogP contribution is 2.24. The molecule has 0 saturated carbocycles. The van der Waals surface area contributed by atoms with Crippen LogP contribution in [-0.2, 0) is 5.88 Å². The lowest BCUT2D eigenvalue weighted by molar-refractivity contribution is 0.638. The average molecular weight is 246 g/mol. The van der Waals surface area contributed by atoms with Crippen molar-refractivity contribution in [3.05, 3.63) is 28.8 Å². The molecule has 0 unspecified atom stereocenters. The summed E-state index contributed by atoms with van der Waals surface area (Å²) in [5.74, 6) is 1.11. The number of rotatable bonds is 4. The quantitative estimate of drug-likeness (QED) is 0.720. The Bertz CT molecular complexity index is 323. The van der Waals surface area contributed by atoms with Gasteiger partial charge in [0.15, 0.2) is 0 Å². The Morgan fingerprint density at radius 1 is 1.33 bits per heavy atom. The average Bonchev–Trinajstić information content (AvgIpc) is 2.16. The SMILES string of the molecule is CC(C)CN(C)c1ccc(CCl)c(Cl)c1. The fraction of sp³-hybridized carbons (Fsp3) is 0.500. The van der Waals surface area contributed by atoms with E-state index in [0.717, 1.165) is 22.8 Å². The van der Waals surface area contributed by atoms with Gasteiger partial charge in [0.2, 0.25) is 0 Å². The van der Waals surface area contributed by atoms with Gasteiger partial charge in [-0.05, 0) is 23.6 Å². The van der Waals surface area contributed by atoms with Gasteiger partial charge in [-0.3, -0.25) is 0 Å². The molecule has 0 N–H and O–H groups in total. The number of halogens is 2. The van der Waals surface area contributed by atoms with Crippen molar-refractivity contribution in [3.8, 4) is 0 Å². The summed E-state index contributed by atoms with van der Waals surface area (Å²) in [7, 11) is 2.08. The van der Waals surface area contributed by atoms with E-state index in [-0.39, 0.29) is 0 Å². The van der Waals surface area contributed by atoms with Gasteiger partial charge in [-0.25, -0.2) is 0 Å². The highest BCUT2D eigenvalue weighted by molar-refractivity contribution is 6.32. The maximum absolute atomic E-state index is 6.10. The van der Waals surface area contributed by atoms with E-state index in [2.05, 4.69) is 31.9 Å². The number of hydrogen-bond donors (Lipinski definition) is 0. The molecule has 0 bridgehead atoms. The van der Waals surface area contributed by atoms with Gasteiger partial charge < -0.3 is 4.90 Å². The lowest BCUT2D eigenvalue weighted by atomic mass is 10.1. The highest BCUT2D eigenvalue weighted by Gasteiger charge is 2.06. The Hall–Kier alpha value is -0.400. The van der Waals surface area contributed by atoms with Crippen LogP contribution in [0.4, 0.5) is 5.69 Å². The van der Waals surface area contributed by atoms with Gasteiger partial charge in [-0.1, -0.05) is 31.5 Å². The number of hydrogen-bond acceptors (Lipinski definition) is 1. The normalized spacial score (nSPS) is 10.8. The van der Waals surface area contributed by atoms with Crippen molar-refractivity contribution in [3.63, 3.8) is 0 Å². The third kappa shape index (κ3) is 3.58. The summed E-state index contributed by atoms with van der Waals surface area (Å²) >= 11 is 11.8. The molecule has 0 spiro atoms. The zero-order chi connectivity index (χ0) is 11.4. The first-order valence-electron chi connectivity index (χ1n) is 5.10. The van der Waals surface area contributed by atoms with Crippen LogP contribution in [0, 0.1) is 5.92 Å². The summed E-state index contributed by atoms with van der Waals surface area (Å²) in [6.07, 6.45) is 0. The number of alkyl halides is 1. The van der Waals surface area contributed by atoms with Gasteiger partial charge in [0, 0.05) is 30.2 Å². The van der Waals surface area contributed by atoms with Crippen LogP contribution in [0.2, 0.25) is 5.02 Å². The number of anilines is 1. The fourth-order valence-corrected chi connectivity index (χ4v) is 2.08. The van der Waals surface area contributed by atoms with Crippen LogP contribution < -0.4 is 4.90 Å². The van der Waals surface area contributed by atoms with E-state index >= 15 is 0 Å². The first-order chi connectivity index (χ1) is 7.04. The van der Waals surface area contributed by atoms with Crippen LogP contribution in [0.15, 0.2) is 18.2 Å². The van der Waals surface area contributed by atoms with Crippen LogP contribution in [0.5, 0.6) is 0 Å². The van der Waals surface area contributed by atoms with Gasteiger partial charge in [-0.15, -0.1) is 11.6 Å². The molecular formula is C12H17Cl2N. The van der Waals surface area contributed by atoms with E-state index in [4.69, 9.17) is 23.2 Å². The Labute approximate surface area is 102 Å². The summed E-state index contributed by atoms with van der Waals surface area (Å²) in [6.45, 7) is 5.42. The molecule has 1 aromatic carbocycles. The molecule has 1 aromatic rings. The molecule has 0 aliphatic rings. The second-order valence-corrected chi connectivity index (χ2v) is 4.86. The molecule has 0 aliphatic carbocycles. The lowest BCUT2D eigenvalue weighted by Crippen LogP contribution is -2.22. The smallest absolute Gasteiger partial charge is 0.0488 e. The molecule has 84 valence electrons. The van der Waals surface area contributed by atoms with E-state index in [0.29, 0.717) is 11.8 Å². The van der Waals surface area contributed by atoms with Crippen LogP contribution in [0.25, 0.3) is 0 Å². The number of nitrogens with zero attached hydrogens (tertiary/aromatic N) is 1. The molecule has 3 heteroatoms. The van der Waals surface area contributed by atoms with Crippen molar-refractivity contribution in [2.45, 2.75) is 19.7 Å². The minimum Gasteiger partial charge on any atom is -0.374 e. The molecule has 1 rings (SSSR count). The van der Waals surface area contributed by atoms with Gasteiger partial charge in [0.05, 0.1) is 0 Å². The van der Waals surface area contributed by atoms with E-state index in [1.807, 2.05) is 12.1 Å². The predicted molar refractivity (Wildman–Crippen MR) is 69.1 cm³/mol. The molecule has 0 aromatic heterocycles. The summed E-state index contributed by atoms with van der Waals surface area (Å²) in [5, 5.41) is 0.748. The molecule has 0 atom stereocenters. The molecule has 15 heavy (non-hydrogen) atoms. The molecule has 0 aliphatic heterocycles. The van der Waals surface area contributed by atoms with Crippen molar-refractivity contribution in [2.75, 3.05) is 18.5 Å². The summed E-state index contributed by atoms with van der Waals surface area (Å²) < 4.78 is 0. The molecular weight excluding hydrogens is 229 g/mol. The topological polar surface area (TPSA) is 3.24 Å². The lowest BCUT2D eigenvalue weighted by Gasteiger charge is -2.22. The maximum atomic E-state index is 6.10. The zero-order valence-corrected chi connectivity index (χ0v) is 10.9. The third-order valence-corrected chi connectivity index (χ3v) is 2.90. The molecule has 1 nitrogen and oxygen atoms in total. The second kappa shape index (κ2) is 5.62. The summed E-state index contributed by atoms with van der Waals surface area (Å²) in [5.41, 5.74) is 2.13. The predicted octanol–water partition coefficient (Wildman–Crippen LogP) is 4.17. The van der Waals surface area contributed by atoms with Gasteiger partial charge in [0.1, 0.15) is 0 Å². The minimum absolute atomic E-state index is 0.465. The number of benzene rings is 1. The third-order valence-electron chi connectivity index (χ3n) is 2.26. The van der Waals surface area contributed by atoms with Crippen LogP contribution >= 0.6 is 23.2 Å². The van der Waals surface area contributed by atoms with Crippen molar-refractivity contribution in [2.24, 2.45) is 5.92 Å². The standard InChI is InChI=1S/C12H17Cl2N/c1-9(2)8-15(3)11-5-4-10(7-13)12(14)6-11/h4-6,9H,7-8H2,1-3H3. The van der Waals surface area contributed by atoms with Crippen LogP contribution in [0.3, 0.4) is 0 Å². The Morgan fingerprint density at radius 2 is 2.00 bits per heavy atom. The molecule has 0 saturated heterocycles. The van der Waals surface area contributed by atoms with E-state index in [1.54, 1.807) is 0 Å².